The smallest absolute Gasteiger partial charge is 0.349 e. The highest BCUT2D eigenvalue weighted by Crippen LogP contribution is 2.21. The molecule has 0 fully saturated rings. The van der Waals surface area contributed by atoms with Crippen LogP contribution in [0.1, 0.15) is 19.4 Å². The predicted molar refractivity (Wildman–Crippen MR) is 61.2 cm³/mol. The van der Waals surface area contributed by atoms with Crippen LogP contribution < -0.4 is 0 Å². The van der Waals surface area contributed by atoms with E-state index in [1.807, 2.05) is 0 Å². The second-order valence-corrected chi connectivity index (χ2v) is 3.31. The van der Waals surface area contributed by atoms with Gasteiger partial charge in [0.05, 0.1) is 6.61 Å². The van der Waals surface area contributed by atoms with Gasteiger partial charge in [-0.2, -0.15) is 5.26 Å². The molecule has 0 heterocycles. The molecule has 0 spiro atoms. The number of hydrogen-bond acceptors (Lipinski definition) is 3. The summed E-state index contributed by atoms with van der Waals surface area (Å²) in [7, 11) is 0. The summed E-state index contributed by atoms with van der Waals surface area (Å²) in [6.07, 6.45) is 0. The molecule has 1 aromatic rings. The minimum Gasteiger partial charge on any atom is -0.462 e. The Morgan fingerprint density at radius 3 is 2.65 bits per heavy atom. The van der Waals surface area contributed by atoms with Crippen LogP contribution in [0.5, 0.6) is 0 Å². The van der Waals surface area contributed by atoms with E-state index in [9.17, 15) is 9.18 Å². The maximum Gasteiger partial charge on any atom is 0.349 e. The number of nitrogens with zero attached hydrogens (tertiary/aromatic N) is 1. The molecule has 4 heteroatoms. The molecule has 0 saturated carbocycles. The quantitative estimate of drug-likeness (QED) is 0.458. The molecule has 1 aromatic carbocycles. The van der Waals surface area contributed by atoms with Crippen molar-refractivity contribution in [2.75, 3.05) is 6.61 Å². The first-order chi connectivity index (χ1) is 8.11. The number of benzene rings is 1. The Hall–Kier alpha value is -2.15. The number of nitriles is 1. The number of carbonyl (C=O) groups is 1. The standard InChI is InChI=1S/C13H12FNO2/c1-3-17-13(16)11(8-15)9(2)10-6-4-5-7-12(10)14/h4-7H,3H2,1-2H3/b11-9+. The Kier molecular flexibility index (Phi) is 4.41. The molecule has 0 aliphatic rings. The van der Waals surface area contributed by atoms with Crippen LogP contribution in [0.25, 0.3) is 5.57 Å². The molecule has 0 atom stereocenters. The normalized spacial score (nSPS) is 11.4. The molecule has 88 valence electrons. The third-order valence-corrected chi connectivity index (χ3v) is 2.24. The van der Waals surface area contributed by atoms with E-state index in [1.54, 1.807) is 25.1 Å². The number of ether oxygens (including phenoxy) is 1. The second-order valence-electron chi connectivity index (χ2n) is 3.31. The van der Waals surface area contributed by atoms with Gasteiger partial charge in [0.25, 0.3) is 0 Å². The SMILES string of the molecule is CCOC(=O)/C(C#N)=C(\C)c1ccccc1F. The van der Waals surface area contributed by atoms with E-state index >= 15 is 0 Å². The maximum atomic E-state index is 13.5. The van der Waals surface area contributed by atoms with Crippen molar-refractivity contribution in [1.29, 1.82) is 5.26 Å². The van der Waals surface area contributed by atoms with E-state index in [0.717, 1.165) is 0 Å². The fourth-order valence-corrected chi connectivity index (χ4v) is 1.39. The third-order valence-electron chi connectivity index (χ3n) is 2.24. The number of rotatable bonds is 3. The molecular formula is C13H12FNO2. The largest absolute Gasteiger partial charge is 0.462 e. The predicted octanol–water partition coefficient (Wildman–Crippen LogP) is 2.69. The second kappa shape index (κ2) is 5.80. The molecular weight excluding hydrogens is 221 g/mol. The summed E-state index contributed by atoms with van der Waals surface area (Å²) in [5.41, 5.74) is 0.345. The highest BCUT2D eigenvalue weighted by molar-refractivity contribution is 6.01. The Morgan fingerprint density at radius 1 is 1.47 bits per heavy atom. The van der Waals surface area contributed by atoms with Gasteiger partial charge in [-0.25, -0.2) is 9.18 Å². The average molecular weight is 233 g/mol. The zero-order valence-corrected chi connectivity index (χ0v) is 9.66. The van der Waals surface area contributed by atoms with Crippen molar-refractivity contribution >= 4 is 11.5 Å². The molecule has 17 heavy (non-hydrogen) atoms. The Morgan fingerprint density at radius 2 is 2.12 bits per heavy atom. The van der Waals surface area contributed by atoms with Crippen molar-refractivity contribution in [3.63, 3.8) is 0 Å². The van der Waals surface area contributed by atoms with Gasteiger partial charge in [-0.05, 0) is 25.5 Å². The molecule has 0 aliphatic carbocycles. The summed E-state index contributed by atoms with van der Waals surface area (Å²) in [5, 5.41) is 8.91. The summed E-state index contributed by atoms with van der Waals surface area (Å²) < 4.78 is 18.2. The highest BCUT2D eigenvalue weighted by Gasteiger charge is 2.16. The average Bonchev–Trinajstić information content (AvgIpc) is 2.30. The monoisotopic (exact) mass is 233 g/mol. The lowest BCUT2D eigenvalue weighted by Crippen LogP contribution is -2.08. The molecule has 0 aromatic heterocycles. The fourth-order valence-electron chi connectivity index (χ4n) is 1.39. The lowest BCUT2D eigenvalue weighted by molar-refractivity contribution is -0.137. The van der Waals surface area contributed by atoms with E-state index in [1.165, 1.54) is 19.1 Å². The topological polar surface area (TPSA) is 50.1 Å². The van der Waals surface area contributed by atoms with Gasteiger partial charge in [0.2, 0.25) is 0 Å². The molecule has 0 bridgehead atoms. The minimum atomic E-state index is -0.726. The van der Waals surface area contributed by atoms with Crippen molar-refractivity contribution in [2.24, 2.45) is 0 Å². The van der Waals surface area contributed by atoms with Crippen molar-refractivity contribution in [3.05, 3.63) is 41.2 Å². The zero-order valence-electron chi connectivity index (χ0n) is 9.66. The highest BCUT2D eigenvalue weighted by atomic mass is 19.1. The van der Waals surface area contributed by atoms with Gasteiger partial charge in [-0.15, -0.1) is 0 Å². The molecule has 1 rings (SSSR count). The van der Waals surface area contributed by atoms with Crippen molar-refractivity contribution < 1.29 is 13.9 Å². The van der Waals surface area contributed by atoms with Crippen molar-refractivity contribution in [1.82, 2.24) is 0 Å². The summed E-state index contributed by atoms with van der Waals surface area (Å²) in [6, 6.07) is 7.73. The Balaban J connectivity index is 3.24. The zero-order chi connectivity index (χ0) is 12.8. The molecule has 0 N–H and O–H groups in total. The van der Waals surface area contributed by atoms with E-state index in [4.69, 9.17) is 10.00 Å². The summed E-state index contributed by atoms with van der Waals surface area (Å²) in [4.78, 5) is 11.5. The van der Waals surface area contributed by atoms with Gasteiger partial charge >= 0.3 is 5.97 Å². The van der Waals surface area contributed by atoms with Crippen LogP contribution in [-0.4, -0.2) is 12.6 Å². The van der Waals surface area contributed by atoms with Gasteiger partial charge in [-0.1, -0.05) is 18.2 Å². The first-order valence-electron chi connectivity index (χ1n) is 5.14. The molecule has 0 amide bonds. The van der Waals surface area contributed by atoms with Gasteiger partial charge in [-0.3, -0.25) is 0 Å². The first-order valence-corrected chi connectivity index (χ1v) is 5.14. The number of esters is 1. The van der Waals surface area contributed by atoms with Crippen LogP contribution in [-0.2, 0) is 9.53 Å². The summed E-state index contributed by atoms with van der Waals surface area (Å²) >= 11 is 0. The van der Waals surface area contributed by atoms with Crippen LogP contribution in [0.3, 0.4) is 0 Å². The summed E-state index contributed by atoms with van der Waals surface area (Å²) in [6.45, 7) is 3.34. The maximum absolute atomic E-state index is 13.5. The number of carbonyl (C=O) groups excluding carboxylic acids is 1. The van der Waals surface area contributed by atoms with Crippen molar-refractivity contribution in [2.45, 2.75) is 13.8 Å². The van der Waals surface area contributed by atoms with Crippen LogP contribution in [0.2, 0.25) is 0 Å². The van der Waals surface area contributed by atoms with Crippen LogP contribution in [0, 0.1) is 17.1 Å². The van der Waals surface area contributed by atoms with E-state index in [0.29, 0.717) is 0 Å². The van der Waals surface area contributed by atoms with Crippen LogP contribution in [0.4, 0.5) is 4.39 Å². The number of hydrogen-bond donors (Lipinski definition) is 0. The fraction of sp³-hybridized carbons (Fsp3) is 0.231. The lowest BCUT2D eigenvalue weighted by atomic mass is 10.0. The molecule has 0 unspecified atom stereocenters. The van der Waals surface area contributed by atoms with Gasteiger partial charge in [0.15, 0.2) is 0 Å². The van der Waals surface area contributed by atoms with Gasteiger partial charge < -0.3 is 4.74 Å². The first kappa shape index (κ1) is 12.9. The minimum absolute atomic E-state index is 0.169. The van der Waals surface area contributed by atoms with Crippen molar-refractivity contribution in [3.8, 4) is 6.07 Å². The third kappa shape index (κ3) is 2.91. The van der Waals surface area contributed by atoms with Crippen LogP contribution >= 0.6 is 0 Å². The lowest BCUT2D eigenvalue weighted by Gasteiger charge is -2.06. The van der Waals surface area contributed by atoms with Crippen LogP contribution in [0.15, 0.2) is 29.8 Å². The molecule has 0 aliphatic heterocycles. The van der Waals surface area contributed by atoms with Gasteiger partial charge in [0.1, 0.15) is 17.5 Å². The van der Waals surface area contributed by atoms with Gasteiger partial charge in [0, 0.05) is 5.56 Å². The molecule has 0 saturated heterocycles. The molecule has 3 nitrogen and oxygen atoms in total. The summed E-state index contributed by atoms with van der Waals surface area (Å²) in [5.74, 6) is -1.20. The molecule has 0 radical (unpaired) electrons. The number of halogens is 1. The number of allylic oxidation sites excluding steroid dienone is 1. The Bertz CT molecular complexity index is 500. The van der Waals surface area contributed by atoms with E-state index in [-0.39, 0.29) is 23.3 Å². The Labute approximate surface area is 99.1 Å². The van der Waals surface area contributed by atoms with E-state index < -0.39 is 11.8 Å². The van der Waals surface area contributed by atoms with E-state index in [2.05, 4.69) is 0 Å².